The monoisotopic (exact) mass is 257 g/mol. The molecular formula is C12H14F3N3. The summed E-state index contributed by atoms with van der Waals surface area (Å²) in [6.07, 6.45) is -0.878. The molecule has 0 spiro atoms. The Balaban J connectivity index is 2.41. The molecule has 1 unspecified atom stereocenters. The molecule has 1 aromatic carbocycles. The average molecular weight is 257 g/mol. The third-order valence-electron chi connectivity index (χ3n) is 3.02. The number of hydrogen-bond donors (Lipinski definition) is 1. The molecule has 1 heterocycles. The number of nitrogen functional groups attached to an aromatic ring is 1. The van der Waals surface area contributed by atoms with Gasteiger partial charge in [-0.05, 0) is 25.1 Å². The Morgan fingerprint density at radius 2 is 1.83 bits per heavy atom. The molecule has 0 aliphatic carbocycles. The molecule has 1 aromatic rings. The quantitative estimate of drug-likeness (QED) is 0.785. The Labute approximate surface area is 103 Å². The molecule has 1 aliphatic heterocycles. The zero-order chi connectivity index (χ0) is 13.5. The van der Waals surface area contributed by atoms with Gasteiger partial charge in [-0.25, -0.2) is 0 Å². The van der Waals surface area contributed by atoms with Gasteiger partial charge in [0.2, 0.25) is 0 Å². The fraction of sp³-hybridized carbons (Fsp3) is 0.333. The fourth-order valence-corrected chi connectivity index (χ4v) is 1.87. The van der Waals surface area contributed by atoms with Crippen LogP contribution in [0.3, 0.4) is 0 Å². The summed E-state index contributed by atoms with van der Waals surface area (Å²) in [4.78, 5) is 3.64. The minimum atomic E-state index is -4.39. The topological polar surface area (TPSA) is 32.5 Å². The van der Waals surface area contributed by atoms with Gasteiger partial charge in [-0.1, -0.05) is 0 Å². The number of halogens is 3. The summed E-state index contributed by atoms with van der Waals surface area (Å²) in [6.45, 7) is 1.90. The van der Waals surface area contributed by atoms with Crippen LogP contribution in [0.2, 0.25) is 0 Å². The van der Waals surface area contributed by atoms with Crippen molar-refractivity contribution in [2.45, 2.75) is 19.3 Å². The predicted octanol–water partition coefficient (Wildman–Crippen LogP) is 2.86. The zero-order valence-electron chi connectivity index (χ0n) is 10.1. The number of anilines is 2. The summed E-state index contributed by atoms with van der Waals surface area (Å²) in [7, 11) is 1.86. The molecule has 0 radical (unpaired) electrons. The molecule has 0 amide bonds. The van der Waals surface area contributed by atoms with Crippen LogP contribution in [0.15, 0.2) is 30.6 Å². The van der Waals surface area contributed by atoms with Crippen molar-refractivity contribution in [2.75, 3.05) is 17.7 Å². The van der Waals surface area contributed by atoms with Crippen LogP contribution in [0.5, 0.6) is 0 Å². The summed E-state index contributed by atoms with van der Waals surface area (Å²) in [6, 6.07) is 3.59. The lowest BCUT2D eigenvalue weighted by Gasteiger charge is -2.27. The van der Waals surface area contributed by atoms with Crippen LogP contribution < -0.4 is 10.6 Å². The Morgan fingerprint density at radius 1 is 1.17 bits per heavy atom. The third-order valence-corrected chi connectivity index (χ3v) is 3.02. The number of alkyl halides is 3. The van der Waals surface area contributed by atoms with Crippen molar-refractivity contribution in [3.8, 4) is 0 Å². The van der Waals surface area contributed by atoms with Crippen molar-refractivity contribution in [1.82, 2.24) is 4.90 Å². The van der Waals surface area contributed by atoms with Gasteiger partial charge in [-0.2, -0.15) is 13.2 Å². The van der Waals surface area contributed by atoms with Gasteiger partial charge in [-0.3, -0.25) is 0 Å². The van der Waals surface area contributed by atoms with E-state index in [1.807, 2.05) is 18.9 Å². The van der Waals surface area contributed by atoms with Crippen molar-refractivity contribution < 1.29 is 13.2 Å². The molecular weight excluding hydrogens is 243 g/mol. The van der Waals surface area contributed by atoms with E-state index >= 15 is 0 Å². The first-order chi connectivity index (χ1) is 8.29. The number of nitrogens with two attached hydrogens (primary N) is 1. The SMILES string of the molecule is CC1N(C)C=CN1c1cc(N)cc(C(F)(F)F)c1. The Kier molecular flexibility index (Phi) is 2.88. The molecule has 0 saturated carbocycles. The van der Waals surface area contributed by atoms with Gasteiger partial charge in [0.05, 0.1) is 5.56 Å². The van der Waals surface area contributed by atoms with Crippen molar-refractivity contribution in [1.29, 1.82) is 0 Å². The van der Waals surface area contributed by atoms with E-state index in [9.17, 15) is 13.2 Å². The Morgan fingerprint density at radius 3 is 2.33 bits per heavy atom. The van der Waals surface area contributed by atoms with Crippen LogP contribution in [-0.4, -0.2) is 18.1 Å². The van der Waals surface area contributed by atoms with Crippen LogP contribution in [0.1, 0.15) is 12.5 Å². The van der Waals surface area contributed by atoms with Crippen LogP contribution >= 0.6 is 0 Å². The summed E-state index contributed by atoms with van der Waals surface area (Å²) in [5, 5.41) is 0. The molecule has 3 nitrogen and oxygen atoms in total. The standard InChI is InChI=1S/C12H14F3N3/c1-8-17(2)3-4-18(8)11-6-9(12(13,14)15)5-10(16)7-11/h3-8H,16H2,1-2H3. The lowest BCUT2D eigenvalue weighted by atomic mass is 10.1. The van der Waals surface area contributed by atoms with Gasteiger partial charge in [-0.15, -0.1) is 0 Å². The molecule has 1 atom stereocenters. The number of hydrogen-bond acceptors (Lipinski definition) is 3. The van der Waals surface area contributed by atoms with E-state index in [-0.39, 0.29) is 11.9 Å². The molecule has 6 heteroatoms. The van der Waals surface area contributed by atoms with Crippen molar-refractivity contribution in [3.05, 3.63) is 36.2 Å². The van der Waals surface area contributed by atoms with Crippen molar-refractivity contribution >= 4 is 11.4 Å². The first kappa shape index (κ1) is 12.6. The second-order valence-electron chi connectivity index (χ2n) is 4.31. The van der Waals surface area contributed by atoms with Gasteiger partial charge in [0.15, 0.2) is 0 Å². The maximum Gasteiger partial charge on any atom is 0.416 e. The second kappa shape index (κ2) is 4.12. The Bertz CT molecular complexity index is 482. The number of benzene rings is 1. The van der Waals surface area contributed by atoms with Gasteiger partial charge in [0.25, 0.3) is 0 Å². The molecule has 2 rings (SSSR count). The normalized spacial score (nSPS) is 19.7. The average Bonchev–Trinajstić information content (AvgIpc) is 2.58. The van der Waals surface area contributed by atoms with Gasteiger partial charge in [0, 0.05) is 30.8 Å². The predicted molar refractivity (Wildman–Crippen MR) is 64.7 cm³/mol. The molecule has 98 valence electrons. The lowest BCUT2D eigenvalue weighted by molar-refractivity contribution is -0.137. The van der Waals surface area contributed by atoms with E-state index in [1.54, 1.807) is 17.3 Å². The molecule has 1 aliphatic rings. The van der Waals surface area contributed by atoms with E-state index in [0.717, 1.165) is 12.1 Å². The minimum Gasteiger partial charge on any atom is -0.399 e. The lowest BCUT2D eigenvalue weighted by Crippen LogP contribution is -2.33. The minimum absolute atomic E-state index is 0.0344. The summed E-state index contributed by atoms with van der Waals surface area (Å²) in [5.74, 6) is 0. The van der Waals surface area contributed by atoms with Gasteiger partial charge >= 0.3 is 6.18 Å². The molecule has 0 saturated heterocycles. The molecule has 0 bridgehead atoms. The largest absolute Gasteiger partial charge is 0.416 e. The summed E-state index contributed by atoms with van der Waals surface area (Å²) < 4.78 is 38.1. The maximum atomic E-state index is 12.7. The highest BCUT2D eigenvalue weighted by molar-refractivity contribution is 5.61. The van der Waals surface area contributed by atoms with E-state index < -0.39 is 11.7 Å². The molecule has 0 aromatic heterocycles. The first-order valence-electron chi connectivity index (χ1n) is 5.45. The highest BCUT2D eigenvalue weighted by atomic mass is 19.4. The van der Waals surface area contributed by atoms with Crippen LogP contribution in [0.25, 0.3) is 0 Å². The first-order valence-corrected chi connectivity index (χ1v) is 5.45. The molecule has 0 fully saturated rings. The third kappa shape index (κ3) is 2.23. The maximum absolute atomic E-state index is 12.7. The summed E-state index contributed by atoms with van der Waals surface area (Å²) in [5.41, 5.74) is 5.36. The summed E-state index contributed by atoms with van der Waals surface area (Å²) >= 11 is 0. The molecule has 18 heavy (non-hydrogen) atoms. The van der Waals surface area contributed by atoms with Crippen molar-refractivity contribution in [3.63, 3.8) is 0 Å². The second-order valence-corrected chi connectivity index (χ2v) is 4.31. The van der Waals surface area contributed by atoms with Crippen LogP contribution in [0.4, 0.5) is 24.5 Å². The van der Waals surface area contributed by atoms with Gasteiger partial charge < -0.3 is 15.5 Å². The Hall–Kier alpha value is -1.85. The van der Waals surface area contributed by atoms with Crippen molar-refractivity contribution in [2.24, 2.45) is 0 Å². The van der Waals surface area contributed by atoms with Crippen LogP contribution in [0, 0.1) is 0 Å². The zero-order valence-corrected chi connectivity index (χ0v) is 10.1. The van der Waals surface area contributed by atoms with E-state index in [4.69, 9.17) is 5.73 Å². The highest BCUT2D eigenvalue weighted by Crippen LogP contribution is 2.35. The number of nitrogens with zero attached hydrogens (tertiary/aromatic N) is 2. The van der Waals surface area contributed by atoms with Crippen LogP contribution in [-0.2, 0) is 6.18 Å². The fourth-order valence-electron chi connectivity index (χ4n) is 1.87. The van der Waals surface area contributed by atoms with E-state index in [0.29, 0.717) is 5.69 Å². The van der Waals surface area contributed by atoms with E-state index in [1.165, 1.54) is 6.07 Å². The van der Waals surface area contributed by atoms with Gasteiger partial charge in [0.1, 0.15) is 6.17 Å². The molecule has 2 N–H and O–H groups in total. The number of rotatable bonds is 1. The smallest absolute Gasteiger partial charge is 0.399 e. The van der Waals surface area contributed by atoms with E-state index in [2.05, 4.69) is 0 Å². The highest BCUT2D eigenvalue weighted by Gasteiger charge is 2.32.